The van der Waals surface area contributed by atoms with Gasteiger partial charge in [0, 0.05) is 20.0 Å². The van der Waals surface area contributed by atoms with Crippen LogP contribution in [0.3, 0.4) is 0 Å². The Morgan fingerprint density at radius 1 is 1.75 bits per heavy atom. The van der Waals surface area contributed by atoms with Crippen molar-refractivity contribution in [3.05, 3.63) is 12.0 Å². The molecule has 0 fully saturated rings. The molecule has 0 aromatic carbocycles. The van der Waals surface area contributed by atoms with Crippen molar-refractivity contribution in [2.24, 2.45) is 10.8 Å². The van der Waals surface area contributed by atoms with Crippen molar-refractivity contribution in [2.75, 3.05) is 14.2 Å². The largest absolute Gasteiger partial charge is 0.498 e. The molecule has 0 aliphatic carbocycles. The summed E-state index contributed by atoms with van der Waals surface area (Å²) in [4.78, 5) is 0. The molecule has 7 heteroatoms. The van der Waals surface area contributed by atoms with E-state index >= 15 is 0 Å². The van der Waals surface area contributed by atoms with Gasteiger partial charge in [-0.1, -0.05) is 0 Å². The second kappa shape index (κ2) is 5.66. The fourth-order valence-corrected chi connectivity index (χ4v) is 1.28. The lowest BCUT2D eigenvalue weighted by Gasteiger charge is -2.31. The molecule has 0 radical (unpaired) electrons. The first kappa shape index (κ1) is 12.7. The third-order valence-corrected chi connectivity index (χ3v) is 2.24. The zero-order valence-corrected chi connectivity index (χ0v) is 10.0. The maximum absolute atomic E-state index is 5.42. The van der Waals surface area contributed by atoms with Gasteiger partial charge in [-0.05, 0) is 12.2 Å². The number of ether oxygens (including phenoxy) is 3. The topological polar surface area (TPSA) is 78.1 Å². The Bertz CT molecular complexity index is 319. The second-order valence-electron chi connectivity index (χ2n) is 3.16. The Kier molecular flexibility index (Phi) is 4.51. The van der Waals surface area contributed by atoms with Crippen molar-refractivity contribution in [2.45, 2.75) is 18.6 Å². The molecular formula is C9H15N3O3S. The lowest BCUT2D eigenvalue weighted by molar-refractivity contribution is -0.147. The molecule has 1 aliphatic rings. The van der Waals surface area contributed by atoms with Gasteiger partial charge in [0.15, 0.2) is 5.11 Å². The molecule has 0 saturated carbocycles. The lowest BCUT2D eigenvalue weighted by atomic mass is 10.1. The van der Waals surface area contributed by atoms with Crippen LogP contribution in [0.5, 0.6) is 0 Å². The van der Waals surface area contributed by atoms with Crippen LogP contribution in [0.15, 0.2) is 17.1 Å². The highest BCUT2D eigenvalue weighted by atomic mass is 32.1. The number of nitrogens with zero attached hydrogens (tertiary/aromatic N) is 1. The van der Waals surface area contributed by atoms with Crippen LogP contribution in [0, 0.1) is 0 Å². The first-order valence-electron chi connectivity index (χ1n) is 4.67. The number of nitrogens with two attached hydrogens (primary N) is 1. The minimum Gasteiger partial charge on any atom is -0.498 e. The van der Waals surface area contributed by atoms with E-state index < -0.39 is 5.79 Å². The molecule has 0 bridgehead atoms. The fourth-order valence-electron chi connectivity index (χ4n) is 1.22. The number of hydrogen-bond donors (Lipinski definition) is 2. The van der Waals surface area contributed by atoms with Crippen LogP contribution in [0.1, 0.15) is 12.8 Å². The van der Waals surface area contributed by atoms with Crippen molar-refractivity contribution in [1.29, 1.82) is 0 Å². The molecule has 1 atom stereocenters. The van der Waals surface area contributed by atoms with Crippen LogP contribution < -0.4 is 11.2 Å². The maximum atomic E-state index is 5.42. The van der Waals surface area contributed by atoms with E-state index in [1.54, 1.807) is 14.2 Å². The van der Waals surface area contributed by atoms with E-state index in [0.29, 0.717) is 12.8 Å². The standard InChI is InChI=1S/C9H15N3O3S/c1-13-7-3-4-9(14-2,15-5-7)6-11-12-8(10)16/h5-6H,3-4H2,1-2H3,(H3,10,12,16)/b11-6+. The molecule has 1 heterocycles. The van der Waals surface area contributed by atoms with E-state index in [-0.39, 0.29) is 5.11 Å². The molecule has 1 unspecified atom stereocenters. The van der Waals surface area contributed by atoms with E-state index in [4.69, 9.17) is 19.9 Å². The molecule has 3 N–H and O–H groups in total. The minimum atomic E-state index is -0.889. The van der Waals surface area contributed by atoms with Gasteiger partial charge >= 0.3 is 0 Å². The van der Waals surface area contributed by atoms with Crippen LogP contribution in [-0.2, 0) is 14.2 Å². The molecule has 0 saturated heterocycles. The van der Waals surface area contributed by atoms with Gasteiger partial charge < -0.3 is 19.9 Å². The molecule has 1 aliphatic heterocycles. The van der Waals surface area contributed by atoms with E-state index in [1.807, 2.05) is 0 Å². The van der Waals surface area contributed by atoms with E-state index in [9.17, 15) is 0 Å². The summed E-state index contributed by atoms with van der Waals surface area (Å²) >= 11 is 4.61. The van der Waals surface area contributed by atoms with Gasteiger partial charge in [-0.25, -0.2) is 0 Å². The zero-order chi connectivity index (χ0) is 12.0. The third kappa shape index (κ3) is 3.35. The number of hydrogen-bond acceptors (Lipinski definition) is 5. The maximum Gasteiger partial charge on any atom is 0.248 e. The number of rotatable bonds is 4. The van der Waals surface area contributed by atoms with Gasteiger partial charge in [-0.2, -0.15) is 5.10 Å². The first-order valence-corrected chi connectivity index (χ1v) is 5.08. The first-order chi connectivity index (χ1) is 7.62. The Labute approximate surface area is 99.4 Å². The summed E-state index contributed by atoms with van der Waals surface area (Å²) < 4.78 is 15.7. The molecule has 0 spiro atoms. The van der Waals surface area contributed by atoms with Crippen molar-refractivity contribution in [3.8, 4) is 0 Å². The summed E-state index contributed by atoms with van der Waals surface area (Å²) in [7, 11) is 3.13. The van der Waals surface area contributed by atoms with Gasteiger partial charge in [0.05, 0.1) is 13.3 Å². The third-order valence-electron chi connectivity index (χ3n) is 2.15. The molecular weight excluding hydrogens is 230 g/mol. The number of nitrogens with one attached hydrogen (secondary N) is 1. The molecule has 0 aromatic heterocycles. The number of methoxy groups -OCH3 is 2. The zero-order valence-electron chi connectivity index (χ0n) is 9.23. The van der Waals surface area contributed by atoms with Gasteiger partial charge in [0.1, 0.15) is 12.0 Å². The van der Waals surface area contributed by atoms with E-state index in [1.165, 1.54) is 12.5 Å². The molecule has 0 aromatic rings. The van der Waals surface area contributed by atoms with Crippen LogP contribution in [0.4, 0.5) is 0 Å². The van der Waals surface area contributed by atoms with Crippen molar-refractivity contribution < 1.29 is 14.2 Å². The van der Waals surface area contributed by atoms with Gasteiger partial charge in [0.2, 0.25) is 5.79 Å². The van der Waals surface area contributed by atoms with Gasteiger partial charge in [0.25, 0.3) is 0 Å². The number of thiocarbonyl (C=S) groups is 1. The average molecular weight is 245 g/mol. The highest BCUT2D eigenvalue weighted by Gasteiger charge is 2.33. The van der Waals surface area contributed by atoms with Crippen molar-refractivity contribution in [3.63, 3.8) is 0 Å². The molecule has 1 rings (SSSR count). The average Bonchev–Trinajstić information content (AvgIpc) is 2.29. The summed E-state index contributed by atoms with van der Waals surface area (Å²) in [6, 6.07) is 0. The molecule has 16 heavy (non-hydrogen) atoms. The smallest absolute Gasteiger partial charge is 0.248 e. The predicted octanol–water partition coefficient (Wildman–Crippen LogP) is 0.446. The summed E-state index contributed by atoms with van der Waals surface area (Å²) in [6.07, 6.45) is 4.31. The quantitative estimate of drug-likeness (QED) is 0.425. The summed E-state index contributed by atoms with van der Waals surface area (Å²) in [5.41, 5.74) is 7.67. The molecule has 90 valence electrons. The number of hydrazone groups is 1. The summed E-state index contributed by atoms with van der Waals surface area (Å²) in [5, 5.41) is 3.92. The van der Waals surface area contributed by atoms with Gasteiger partial charge in [-0.15, -0.1) is 0 Å². The van der Waals surface area contributed by atoms with Crippen LogP contribution in [0.25, 0.3) is 0 Å². The Balaban J connectivity index is 2.63. The van der Waals surface area contributed by atoms with Gasteiger partial charge in [-0.3, -0.25) is 5.43 Å². The summed E-state index contributed by atoms with van der Waals surface area (Å²) in [6.45, 7) is 0. The van der Waals surface area contributed by atoms with E-state index in [0.717, 1.165) is 5.76 Å². The lowest BCUT2D eigenvalue weighted by Crippen LogP contribution is -2.38. The van der Waals surface area contributed by atoms with Crippen LogP contribution in [-0.4, -0.2) is 31.3 Å². The van der Waals surface area contributed by atoms with Crippen LogP contribution >= 0.6 is 12.2 Å². The normalized spacial score (nSPS) is 24.8. The Morgan fingerprint density at radius 3 is 2.94 bits per heavy atom. The van der Waals surface area contributed by atoms with Crippen molar-refractivity contribution in [1.82, 2.24) is 5.43 Å². The highest BCUT2D eigenvalue weighted by Crippen LogP contribution is 2.26. The molecule has 6 nitrogen and oxygen atoms in total. The second-order valence-corrected chi connectivity index (χ2v) is 3.60. The van der Waals surface area contributed by atoms with E-state index in [2.05, 4.69) is 22.7 Å². The Morgan fingerprint density at radius 2 is 2.50 bits per heavy atom. The predicted molar refractivity (Wildman–Crippen MR) is 63.6 cm³/mol. The summed E-state index contributed by atoms with van der Waals surface area (Å²) in [5.74, 6) is -0.122. The molecule has 0 amide bonds. The minimum absolute atomic E-state index is 0.0893. The highest BCUT2D eigenvalue weighted by molar-refractivity contribution is 7.80. The van der Waals surface area contributed by atoms with Crippen LogP contribution in [0.2, 0.25) is 0 Å². The fraction of sp³-hybridized carbons (Fsp3) is 0.556. The van der Waals surface area contributed by atoms with Crippen molar-refractivity contribution >= 4 is 23.5 Å². The SMILES string of the molecule is COC1=COC(/C=N/NC(N)=S)(OC)CC1. The number of allylic oxidation sites excluding steroid dienone is 1. The Hall–Kier alpha value is -1.34. The monoisotopic (exact) mass is 245 g/mol.